The Morgan fingerprint density at radius 2 is 2.24 bits per heavy atom. The molecule has 0 unspecified atom stereocenters. The molecule has 0 atom stereocenters. The van der Waals surface area contributed by atoms with Gasteiger partial charge in [0.1, 0.15) is 5.75 Å². The topological polar surface area (TPSA) is 88.2 Å². The molecule has 0 aliphatic carbocycles. The van der Waals surface area contributed by atoms with Crippen LogP contribution >= 0.6 is 23.1 Å². The van der Waals surface area contributed by atoms with Gasteiger partial charge in [0.2, 0.25) is 0 Å². The SMILES string of the molecule is COc1csc(C(=O)N2CCC(SC)(C(N)=NO)CC2)c1. The first kappa shape index (κ1) is 16.0. The summed E-state index contributed by atoms with van der Waals surface area (Å²) in [6.45, 7) is 1.19. The number of thiophene rings is 1. The van der Waals surface area contributed by atoms with E-state index >= 15 is 0 Å². The molecule has 2 rings (SSSR count). The molecule has 0 bridgehead atoms. The molecule has 21 heavy (non-hydrogen) atoms. The summed E-state index contributed by atoms with van der Waals surface area (Å²) in [5.41, 5.74) is 5.81. The molecular weight excluding hydrogens is 310 g/mol. The number of oxime groups is 1. The Kier molecular flexibility index (Phi) is 5.00. The lowest BCUT2D eigenvalue weighted by Crippen LogP contribution is -2.51. The van der Waals surface area contributed by atoms with Crippen molar-refractivity contribution in [2.45, 2.75) is 17.6 Å². The zero-order chi connectivity index (χ0) is 15.5. The van der Waals surface area contributed by atoms with Gasteiger partial charge in [-0.1, -0.05) is 5.16 Å². The number of thioether (sulfide) groups is 1. The predicted molar refractivity (Wildman–Crippen MR) is 85.7 cm³/mol. The van der Waals surface area contributed by atoms with Crippen LogP contribution in [0, 0.1) is 0 Å². The van der Waals surface area contributed by atoms with Gasteiger partial charge in [-0.3, -0.25) is 4.79 Å². The number of amidine groups is 1. The van der Waals surface area contributed by atoms with Crippen LogP contribution in [0.25, 0.3) is 0 Å². The number of piperidine rings is 1. The number of hydrogen-bond acceptors (Lipinski definition) is 6. The number of hydrogen-bond donors (Lipinski definition) is 2. The number of carbonyl (C=O) groups excluding carboxylic acids is 1. The largest absolute Gasteiger partial charge is 0.496 e. The first-order valence-corrected chi connectivity index (χ1v) is 8.61. The minimum Gasteiger partial charge on any atom is -0.496 e. The summed E-state index contributed by atoms with van der Waals surface area (Å²) in [6, 6.07) is 1.76. The molecule has 0 saturated carbocycles. The molecule has 3 N–H and O–H groups in total. The number of amides is 1. The second-order valence-electron chi connectivity index (χ2n) is 4.83. The Morgan fingerprint density at radius 3 is 2.71 bits per heavy atom. The van der Waals surface area contributed by atoms with E-state index in [0.717, 1.165) is 0 Å². The minimum atomic E-state index is -0.376. The van der Waals surface area contributed by atoms with Gasteiger partial charge >= 0.3 is 0 Å². The summed E-state index contributed by atoms with van der Waals surface area (Å²) in [7, 11) is 1.58. The van der Waals surface area contributed by atoms with Gasteiger partial charge in [0.05, 0.1) is 16.7 Å². The van der Waals surface area contributed by atoms with Crippen molar-refractivity contribution in [2.24, 2.45) is 10.9 Å². The van der Waals surface area contributed by atoms with Crippen LogP contribution in [0.1, 0.15) is 22.5 Å². The molecule has 1 amide bonds. The van der Waals surface area contributed by atoms with Gasteiger partial charge in [0.25, 0.3) is 5.91 Å². The maximum Gasteiger partial charge on any atom is 0.264 e. The molecule has 1 aromatic heterocycles. The van der Waals surface area contributed by atoms with Crippen molar-refractivity contribution in [2.75, 3.05) is 26.5 Å². The molecule has 0 radical (unpaired) electrons. The summed E-state index contributed by atoms with van der Waals surface area (Å²) < 4.78 is 4.73. The average molecular weight is 329 g/mol. The molecule has 2 heterocycles. The van der Waals surface area contributed by atoms with Crippen molar-refractivity contribution in [3.8, 4) is 5.75 Å². The molecule has 8 heteroatoms. The van der Waals surface area contributed by atoms with Crippen molar-refractivity contribution in [1.82, 2.24) is 4.90 Å². The highest BCUT2D eigenvalue weighted by molar-refractivity contribution is 8.00. The fourth-order valence-corrected chi connectivity index (χ4v) is 4.08. The van der Waals surface area contributed by atoms with Gasteiger partial charge in [0, 0.05) is 24.5 Å². The number of methoxy groups -OCH3 is 1. The standard InChI is InChI=1S/C13H19N3O3S2/c1-19-9-7-10(21-8-9)11(17)16-5-3-13(20-2,4-6-16)12(14)15-18/h7-8,18H,3-6H2,1-2H3,(H2,14,15). The molecule has 1 aliphatic heterocycles. The quantitative estimate of drug-likeness (QED) is 0.381. The third kappa shape index (κ3) is 3.11. The fourth-order valence-electron chi connectivity index (χ4n) is 2.42. The van der Waals surface area contributed by atoms with Gasteiger partial charge in [-0.05, 0) is 19.1 Å². The van der Waals surface area contributed by atoms with Crippen LogP contribution in [0.4, 0.5) is 0 Å². The third-order valence-corrected chi connectivity index (χ3v) is 6.14. The van der Waals surface area contributed by atoms with Crippen molar-refractivity contribution in [3.63, 3.8) is 0 Å². The van der Waals surface area contributed by atoms with Gasteiger partial charge in [0.15, 0.2) is 5.84 Å². The molecule has 116 valence electrons. The Balaban J connectivity index is 2.05. The number of nitrogens with two attached hydrogens (primary N) is 1. The van der Waals surface area contributed by atoms with Crippen molar-refractivity contribution < 1.29 is 14.7 Å². The molecule has 0 aromatic carbocycles. The number of likely N-dealkylation sites (tertiary alicyclic amines) is 1. The summed E-state index contributed by atoms with van der Waals surface area (Å²) in [4.78, 5) is 14.9. The lowest BCUT2D eigenvalue weighted by Gasteiger charge is -2.39. The van der Waals surface area contributed by atoms with E-state index in [1.54, 1.807) is 24.9 Å². The van der Waals surface area contributed by atoms with Gasteiger partial charge in [-0.15, -0.1) is 11.3 Å². The molecular formula is C13H19N3O3S2. The normalized spacial score (nSPS) is 18.6. The van der Waals surface area contributed by atoms with E-state index in [2.05, 4.69) is 5.16 Å². The monoisotopic (exact) mass is 329 g/mol. The third-order valence-electron chi connectivity index (χ3n) is 3.85. The highest BCUT2D eigenvalue weighted by Crippen LogP contribution is 2.35. The highest BCUT2D eigenvalue weighted by atomic mass is 32.2. The van der Waals surface area contributed by atoms with Crippen LogP contribution in [-0.4, -0.2) is 53.1 Å². The lowest BCUT2D eigenvalue weighted by molar-refractivity contribution is 0.0722. The molecule has 0 spiro atoms. The smallest absolute Gasteiger partial charge is 0.264 e. The predicted octanol–water partition coefficient (Wildman–Crippen LogP) is 1.84. The summed E-state index contributed by atoms with van der Waals surface area (Å²) in [5, 5.41) is 13.9. The zero-order valence-corrected chi connectivity index (χ0v) is 13.7. The fraction of sp³-hybridized carbons (Fsp3) is 0.538. The summed E-state index contributed by atoms with van der Waals surface area (Å²) >= 11 is 2.95. The van der Waals surface area contributed by atoms with E-state index in [9.17, 15) is 4.79 Å². The maximum atomic E-state index is 12.4. The number of ether oxygens (including phenoxy) is 1. The summed E-state index contributed by atoms with van der Waals surface area (Å²) in [5.74, 6) is 0.952. The van der Waals surface area contributed by atoms with Gasteiger partial charge in [-0.25, -0.2) is 0 Å². The highest BCUT2D eigenvalue weighted by Gasteiger charge is 2.39. The van der Waals surface area contributed by atoms with E-state index in [4.69, 9.17) is 15.7 Å². The minimum absolute atomic E-state index is 0.0116. The first-order valence-electron chi connectivity index (χ1n) is 6.51. The Hall–Kier alpha value is -1.41. The molecule has 1 saturated heterocycles. The average Bonchev–Trinajstić information content (AvgIpc) is 3.02. The molecule has 6 nitrogen and oxygen atoms in total. The number of nitrogens with zero attached hydrogens (tertiary/aromatic N) is 2. The second-order valence-corrected chi connectivity index (χ2v) is 6.93. The second kappa shape index (κ2) is 6.57. The lowest BCUT2D eigenvalue weighted by atomic mass is 9.94. The van der Waals surface area contributed by atoms with Crippen LogP contribution in [-0.2, 0) is 0 Å². The van der Waals surface area contributed by atoms with E-state index < -0.39 is 0 Å². The van der Waals surface area contributed by atoms with E-state index in [0.29, 0.717) is 36.6 Å². The van der Waals surface area contributed by atoms with Crippen molar-refractivity contribution in [1.29, 1.82) is 0 Å². The van der Waals surface area contributed by atoms with E-state index in [1.165, 1.54) is 11.3 Å². The zero-order valence-electron chi connectivity index (χ0n) is 12.0. The number of rotatable bonds is 4. The Morgan fingerprint density at radius 1 is 1.57 bits per heavy atom. The Labute approximate surface area is 131 Å². The Bertz CT molecular complexity index is 537. The van der Waals surface area contributed by atoms with Crippen LogP contribution in [0.3, 0.4) is 0 Å². The van der Waals surface area contributed by atoms with Crippen LogP contribution in [0.5, 0.6) is 5.75 Å². The van der Waals surface area contributed by atoms with Crippen LogP contribution in [0.2, 0.25) is 0 Å². The van der Waals surface area contributed by atoms with Crippen LogP contribution < -0.4 is 10.5 Å². The van der Waals surface area contributed by atoms with E-state index in [1.807, 2.05) is 16.5 Å². The number of carbonyl (C=O) groups is 1. The summed E-state index contributed by atoms with van der Waals surface area (Å²) in [6.07, 6.45) is 3.30. The van der Waals surface area contributed by atoms with Crippen molar-refractivity contribution >= 4 is 34.8 Å². The van der Waals surface area contributed by atoms with Gasteiger partial charge in [-0.2, -0.15) is 11.8 Å². The van der Waals surface area contributed by atoms with E-state index in [-0.39, 0.29) is 16.5 Å². The molecule has 1 aromatic rings. The van der Waals surface area contributed by atoms with Crippen LogP contribution in [0.15, 0.2) is 16.6 Å². The van der Waals surface area contributed by atoms with Gasteiger partial charge < -0.3 is 20.6 Å². The molecule has 1 aliphatic rings. The van der Waals surface area contributed by atoms with Crippen molar-refractivity contribution in [3.05, 3.63) is 16.3 Å². The maximum absolute atomic E-state index is 12.4. The first-order chi connectivity index (χ1) is 10.1. The molecule has 1 fully saturated rings.